The van der Waals surface area contributed by atoms with Gasteiger partial charge < -0.3 is 5.11 Å². The molecule has 0 fully saturated rings. The van der Waals surface area contributed by atoms with Gasteiger partial charge in [-0.2, -0.15) is 0 Å². The smallest absolute Gasteiger partial charge is 0.130 e. The van der Waals surface area contributed by atoms with Crippen LogP contribution in [0.3, 0.4) is 0 Å². The fourth-order valence-electron chi connectivity index (χ4n) is 1.55. The fourth-order valence-corrected chi connectivity index (χ4v) is 2.77. The third kappa shape index (κ3) is 3.10. The van der Waals surface area contributed by atoms with Crippen LogP contribution < -0.4 is 0 Å². The highest BCUT2D eigenvalue weighted by Gasteiger charge is 2.14. The molecule has 0 saturated heterocycles. The summed E-state index contributed by atoms with van der Waals surface area (Å²) in [4.78, 5) is 4.90. The van der Waals surface area contributed by atoms with Gasteiger partial charge in [0, 0.05) is 21.1 Å². The van der Waals surface area contributed by atoms with Gasteiger partial charge in [-0.3, -0.25) is 0 Å². The van der Waals surface area contributed by atoms with E-state index in [4.69, 9.17) is 0 Å². The first-order valence-electron chi connectivity index (χ1n) is 5.34. The van der Waals surface area contributed by atoms with Crippen LogP contribution in [0.1, 0.15) is 18.6 Å². The zero-order valence-electron chi connectivity index (χ0n) is 9.60. The molecule has 0 radical (unpaired) electrons. The van der Waals surface area contributed by atoms with Crippen LogP contribution in [0.15, 0.2) is 50.9 Å². The lowest BCUT2D eigenvalue weighted by Gasteiger charge is -2.12. The highest BCUT2D eigenvalue weighted by Crippen LogP contribution is 2.33. The van der Waals surface area contributed by atoms with E-state index in [0.717, 1.165) is 9.50 Å². The van der Waals surface area contributed by atoms with Crippen molar-refractivity contribution in [2.24, 2.45) is 0 Å². The standard InChI is InChI=1S/C13H11BrFNOS/c1-8(17)13-10(15)3-2-4-11(13)18-12-6-5-9(14)7-16-12/h2-8,17H,1H3/t8-/m1/s1. The number of rotatable bonds is 3. The van der Waals surface area contributed by atoms with Crippen molar-refractivity contribution in [3.05, 3.63) is 52.4 Å². The average molecular weight is 328 g/mol. The number of hydrogen-bond acceptors (Lipinski definition) is 3. The van der Waals surface area contributed by atoms with Gasteiger partial charge in [-0.1, -0.05) is 17.8 Å². The fraction of sp³-hybridized carbons (Fsp3) is 0.154. The Labute approximate surface area is 117 Å². The van der Waals surface area contributed by atoms with Crippen LogP contribution in [0.5, 0.6) is 0 Å². The van der Waals surface area contributed by atoms with Crippen molar-refractivity contribution < 1.29 is 9.50 Å². The molecule has 0 amide bonds. The predicted molar refractivity (Wildman–Crippen MR) is 73.1 cm³/mol. The van der Waals surface area contributed by atoms with Gasteiger partial charge in [0.15, 0.2) is 0 Å². The van der Waals surface area contributed by atoms with E-state index < -0.39 is 11.9 Å². The number of aliphatic hydroxyl groups is 1. The van der Waals surface area contributed by atoms with E-state index in [1.807, 2.05) is 12.1 Å². The Morgan fingerprint density at radius 3 is 2.72 bits per heavy atom. The lowest BCUT2D eigenvalue weighted by Crippen LogP contribution is -1.98. The summed E-state index contributed by atoms with van der Waals surface area (Å²) in [6, 6.07) is 8.46. The summed E-state index contributed by atoms with van der Waals surface area (Å²) in [5, 5.41) is 10.4. The summed E-state index contributed by atoms with van der Waals surface area (Å²) < 4.78 is 14.6. The summed E-state index contributed by atoms with van der Waals surface area (Å²) in [6.07, 6.45) is 0.841. The van der Waals surface area contributed by atoms with E-state index in [2.05, 4.69) is 20.9 Å². The van der Waals surface area contributed by atoms with Crippen molar-refractivity contribution in [1.29, 1.82) is 0 Å². The highest BCUT2D eigenvalue weighted by atomic mass is 79.9. The number of nitrogens with zero attached hydrogens (tertiary/aromatic N) is 1. The summed E-state index contributed by atoms with van der Waals surface area (Å²) >= 11 is 4.64. The van der Waals surface area contributed by atoms with Gasteiger partial charge in [-0.25, -0.2) is 9.37 Å². The molecule has 1 aromatic heterocycles. The van der Waals surface area contributed by atoms with Gasteiger partial charge in [0.2, 0.25) is 0 Å². The predicted octanol–water partition coefficient (Wildman–Crippen LogP) is 4.19. The maximum Gasteiger partial charge on any atom is 0.130 e. The molecule has 94 valence electrons. The van der Waals surface area contributed by atoms with Gasteiger partial charge in [0.05, 0.1) is 6.10 Å². The molecule has 1 atom stereocenters. The van der Waals surface area contributed by atoms with Crippen LogP contribution in [0.25, 0.3) is 0 Å². The van der Waals surface area contributed by atoms with E-state index in [0.29, 0.717) is 10.5 Å². The molecule has 1 heterocycles. The molecular formula is C13H11BrFNOS. The minimum absolute atomic E-state index is 0.312. The maximum absolute atomic E-state index is 13.7. The number of pyridine rings is 1. The van der Waals surface area contributed by atoms with Crippen LogP contribution in [-0.2, 0) is 0 Å². The first-order valence-corrected chi connectivity index (χ1v) is 6.95. The lowest BCUT2D eigenvalue weighted by atomic mass is 10.1. The van der Waals surface area contributed by atoms with Gasteiger partial charge >= 0.3 is 0 Å². The summed E-state index contributed by atoms with van der Waals surface area (Å²) in [7, 11) is 0. The van der Waals surface area contributed by atoms with Crippen LogP contribution in [0.2, 0.25) is 0 Å². The van der Waals surface area contributed by atoms with Crippen LogP contribution in [0.4, 0.5) is 4.39 Å². The van der Waals surface area contributed by atoms with E-state index in [9.17, 15) is 9.50 Å². The topological polar surface area (TPSA) is 33.1 Å². The van der Waals surface area contributed by atoms with Crippen LogP contribution in [-0.4, -0.2) is 10.1 Å². The third-order valence-corrected chi connectivity index (χ3v) is 3.84. The van der Waals surface area contributed by atoms with E-state index >= 15 is 0 Å². The van der Waals surface area contributed by atoms with Crippen LogP contribution >= 0.6 is 27.7 Å². The SMILES string of the molecule is C[C@@H](O)c1c(F)cccc1Sc1ccc(Br)cn1. The Balaban J connectivity index is 2.34. The first-order chi connectivity index (χ1) is 8.58. The molecule has 0 bridgehead atoms. The third-order valence-electron chi connectivity index (χ3n) is 2.35. The molecule has 0 spiro atoms. The molecule has 0 aliphatic heterocycles. The number of aliphatic hydroxyl groups excluding tert-OH is 1. The second-order valence-corrected chi connectivity index (χ2v) is 5.72. The Morgan fingerprint density at radius 2 is 2.11 bits per heavy atom. The van der Waals surface area contributed by atoms with Gasteiger partial charge in [0.25, 0.3) is 0 Å². The van der Waals surface area contributed by atoms with Crippen LogP contribution in [0, 0.1) is 5.82 Å². The second kappa shape index (κ2) is 5.82. The van der Waals surface area contributed by atoms with Crippen molar-refractivity contribution in [1.82, 2.24) is 4.98 Å². The van der Waals surface area contributed by atoms with E-state index in [1.54, 1.807) is 25.3 Å². The number of hydrogen-bond donors (Lipinski definition) is 1. The van der Waals surface area contributed by atoms with E-state index in [-0.39, 0.29) is 0 Å². The van der Waals surface area contributed by atoms with Crippen molar-refractivity contribution >= 4 is 27.7 Å². The van der Waals surface area contributed by atoms with Crippen molar-refractivity contribution in [2.45, 2.75) is 22.9 Å². The van der Waals surface area contributed by atoms with Crippen molar-refractivity contribution in [3.8, 4) is 0 Å². The molecule has 2 rings (SSSR count). The Hall–Kier alpha value is -0.910. The van der Waals surface area contributed by atoms with Crippen molar-refractivity contribution in [2.75, 3.05) is 0 Å². The number of aromatic nitrogens is 1. The normalized spacial score (nSPS) is 12.4. The second-order valence-electron chi connectivity index (χ2n) is 3.74. The summed E-state index contributed by atoms with van der Waals surface area (Å²) in [6.45, 7) is 1.55. The Kier molecular flexibility index (Phi) is 4.37. The molecule has 0 aliphatic carbocycles. The molecule has 2 aromatic rings. The Morgan fingerprint density at radius 1 is 1.33 bits per heavy atom. The van der Waals surface area contributed by atoms with E-state index in [1.165, 1.54) is 17.8 Å². The molecule has 5 heteroatoms. The number of halogens is 2. The van der Waals surface area contributed by atoms with Crippen molar-refractivity contribution in [3.63, 3.8) is 0 Å². The number of benzene rings is 1. The lowest BCUT2D eigenvalue weighted by molar-refractivity contribution is 0.191. The molecule has 1 aromatic carbocycles. The molecule has 1 N–H and O–H groups in total. The zero-order chi connectivity index (χ0) is 13.1. The highest BCUT2D eigenvalue weighted by molar-refractivity contribution is 9.10. The maximum atomic E-state index is 13.7. The summed E-state index contributed by atoms with van der Waals surface area (Å²) in [5.41, 5.74) is 0.312. The van der Waals surface area contributed by atoms with Gasteiger partial charge in [0.1, 0.15) is 10.8 Å². The summed E-state index contributed by atoms with van der Waals surface area (Å²) in [5.74, 6) is -0.396. The van der Waals surface area contributed by atoms with Gasteiger partial charge in [-0.05, 0) is 47.1 Å². The largest absolute Gasteiger partial charge is 0.389 e. The zero-order valence-corrected chi connectivity index (χ0v) is 12.0. The Bertz CT molecular complexity index is 545. The van der Waals surface area contributed by atoms with Gasteiger partial charge in [-0.15, -0.1) is 0 Å². The minimum Gasteiger partial charge on any atom is -0.389 e. The molecule has 0 saturated carbocycles. The average Bonchev–Trinajstić information content (AvgIpc) is 2.32. The molecule has 18 heavy (non-hydrogen) atoms. The quantitative estimate of drug-likeness (QED) is 0.917. The molecule has 0 unspecified atom stereocenters. The molecular weight excluding hydrogens is 317 g/mol. The molecule has 2 nitrogen and oxygen atoms in total. The first kappa shape index (κ1) is 13.5. The minimum atomic E-state index is -0.843. The monoisotopic (exact) mass is 327 g/mol. The molecule has 0 aliphatic rings.